The van der Waals surface area contributed by atoms with Gasteiger partial charge in [0.2, 0.25) is 0 Å². The van der Waals surface area contributed by atoms with Gasteiger partial charge in [-0.15, -0.1) is 0 Å². The Kier molecular flexibility index (Phi) is 7.35. The van der Waals surface area contributed by atoms with Gasteiger partial charge in [0.15, 0.2) is 0 Å². The summed E-state index contributed by atoms with van der Waals surface area (Å²) in [6, 6.07) is 3.43. The van der Waals surface area contributed by atoms with Gasteiger partial charge in [0.25, 0.3) is 5.91 Å². The zero-order valence-electron chi connectivity index (χ0n) is 18.7. The molecule has 2 aliphatic rings. The first-order valence-corrected chi connectivity index (χ1v) is 11.5. The van der Waals surface area contributed by atoms with E-state index in [0.717, 1.165) is 38.3 Å². The second-order valence-electron chi connectivity index (χ2n) is 8.74. The van der Waals surface area contributed by atoms with Crippen LogP contribution < -0.4 is 0 Å². The smallest absolute Gasteiger partial charge is 0.257 e. The van der Waals surface area contributed by atoms with Crippen molar-refractivity contribution < 1.29 is 18.7 Å². The van der Waals surface area contributed by atoms with Crippen molar-refractivity contribution in [2.24, 2.45) is 5.92 Å². The topological polar surface area (TPSA) is 61.6 Å². The quantitative estimate of drug-likeness (QED) is 0.685. The van der Waals surface area contributed by atoms with Gasteiger partial charge in [-0.2, -0.15) is 5.10 Å². The average Bonchev–Trinajstić information content (AvgIpc) is 3.47. The zero-order chi connectivity index (χ0) is 23.4. The molecule has 0 spiro atoms. The van der Waals surface area contributed by atoms with Gasteiger partial charge in [0.05, 0.1) is 17.5 Å². The van der Waals surface area contributed by atoms with Crippen LogP contribution in [0.25, 0.3) is 12.3 Å². The summed E-state index contributed by atoms with van der Waals surface area (Å²) >= 11 is 0. The lowest BCUT2D eigenvalue weighted by Gasteiger charge is -2.31. The number of amides is 1. The molecule has 1 amide bonds. The van der Waals surface area contributed by atoms with E-state index in [-0.39, 0.29) is 30.3 Å². The fraction of sp³-hybridized carbons (Fsp3) is 0.440. The van der Waals surface area contributed by atoms with Crippen molar-refractivity contribution in [1.29, 1.82) is 0 Å². The summed E-state index contributed by atoms with van der Waals surface area (Å²) in [5, 5.41) is 13.8. The Morgan fingerprint density at radius 1 is 1.24 bits per heavy atom. The third-order valence-electron chi connectivity index (χ3n) is 6.59. The summed E-state index contributed by atoms with van der Waals surface area (Å²) in [5.74, 6) is -0.815. The maximum atomic E-state index is 14.3. The number of likely N-dealkylation sites (tertiary alicyclic amines) is 2. The fourth-order valence-electron chi connectivity index (χ4n) is 4.88. The molecule has 4 rings (SSSR count). The minimum absolute atomic E-state index is 0.0805. The standard InChI is InChI=1S/C25H30F2N4O2/c1-2-23-21(25(33)30-11-3-6-18(16-30)17-32)15-28-31(23)13-5-12-29-10-4-7-24(29)20-14-19(26)8-9-22(20)27/h2,5,8-9,13-15,18,24,32H,1,3-4,6-7,10-12,16-17H2. The molecular formula is C25H30F2N4O2. The lowest BCUT2D eigenvalue weighted by molar-refractivity contribution is 0.0620. The monoisotopic (exact) mass is 456 g/mol. The van der Waals surface area contributed by atoms with Crippen LogP contribution in [0.4, 0.5) is 8.78 Å². The normalized spacial score (nSPS) is 21.7. The lowest BCUT2D eigenvalue weighted by atomic mass is 9.98. The van der Waals surface area contributed by atoms with Crippen molar-refractivity contribution in [2.75, 3.05) is 32.8 Å². The van der Waals surface area contributed by atoms with Crippen molar-refractivity contribution in [3.05, 3.63) is 65.5 Å². The molecule has 6 nitrogen and oxygen atoms in total. The van der Waals surface area contributed by atoms with Crippen LogP contribution in [0.1, 0.15) is 53.3 Å². The Morgan fingerprint density at radius 3 is 2.85 bits per heavy atom. The van der Waals surface area contributed by atoms with Crippen LogP contribution >= 0.6 is 0 Å². The molecule has 2 aliphatic heterocycles. The van der Waals surface area contributed by atoms with Crippen molar-refractivity contribution in [1.82, 2.24) is 19.6 Å². The van der Waals surface area contributed by atoms with Gasteiger partial charge >= 0.3 is 0 Å². The molecule has 2 atom stereocenters. The van der Waals surface area contributed by atoms with E-state index in [9.17, 15) is 18.7 Å². The minimum Gasteiger partial charge on any atom is -0.396 e. The van der Waals surface area contributed by atoms with Crippen LogP contribution in [0.15, 0.2) is 37.1 Å². The number of halogens is 2. The van der Waals surface area contributed by atoms with E-state index < -0.39 is 5.82 Å². The first kappa shape index (κ1) is 23.3. The summed E-state index contributed by atoms with van der Waals surface area (Å²) in [4.78, 5) is 16.9. The highest BCUT2D eigenvalue weighted by Crippen LogP contribution is 2.33. The highest BCUT2D eigenvalue weighted by Gasteiger charge is 2.28. The number of hydrogen-bond acceptors (Lipinski definition) is 4. The summed E-state index contributed by atoms with van der Waals surface area (Å²) in [6.07, 6.45) is 10.3. The Hall–Kier alpha value is -2.84. The van der Waals surface area contributed by atoms with Gasteiger partial charge in [-0.1, -0.05) is 12.7 Å². The molecule has 3 heterocycles. The van der Waals surface area contributed by atoms with E-state index >= 15 is 0 Å². The molecule has 33 heavy (non-hydrogen) atoms. The summed E-state index contributed by atoms with van der Waals surface area (Å²) in [7, 11) is 0. The van der Waals surface area contributed by atoms with Crippen LogP contribution in [-0.4, -0.2) is 63.4 Å². The lowest BCUT2D eigenvalue weighted by Crippen LogP contribution is -2.41. The average molecular weight is 457 g/mol. The third kappa shape index (κ3) is 5.07. The first-order chi connectivity index (χ1) is 16.0. The van der Waals surface area contributed by atoms with E-state index in [2.05, 4.69) is 16.6 Å². The summed E-state index contributed by atoms with van der Waals surface area (Å²) in [6.45, 7) is 6.47. The maximum Gasteiger partial charge on any atom is 0.257 e. The van der Waals surface area contributed by atoms with Gasteiger partial charge in [0, 0.05) is 44.0 Å². The van der Waals surface area contributed by atoms with E-state index in [1.54, 1.807) is 28.1 Å². The Labute approximate surface area is 192 Å². The molecule has 2 unspecified atom stereocenters. The predicted octanol–water partition coefficient (Wildman–Crippen LogP) is 3.96. The van der Waals surface area contributed by atoms with Gasteiger partial charge in [-0.3, -0.25) is 9.69 Å². The van der Waals surface area contributed by atoms with Gasteiger partial charge in [-0.05, 0) is 62.4 Å². The predicted molar refractivity (Wildman–Crippen MR) is 123 cm³/mol. The van der Waals surface area contributed by atoms with Crippen LogP contribution in [-0.2, 0) is 0 Å². The Bertz CT molecular complexity index is 1040. The van der Waals surface area contributed by atoms with Crippen LogP contribution in [0.3, 0.4) is 0 Å². The molecule has 2 saturated heterocycles. The summed E-state index contributed by atoms with van der Waals surface area (Å²) < 4.78 is 29.6. The van der Waals surface area contributed by atoms with Crippen molar-refractivity contribution in [3.8, 4) is 0 Å². The Balaban J connectivity index is 1.45. The molecule has 1 N–H and O–H groups in total. The van der Waals surface area contributed by atoms with E-state index in [0.29, 0.717) is 36.5 Å². The minimum atomic E-state index is -0.433. The van der Waals surface area contributed by atoms with Gasteiger partial charge < -0.3 is 10.0 Å². The van der Waals surface area contributed by atoms with E-state index in [1.807, 2.05) is 6.08 Å². The van der Waals surface area contributed by atoms with Crippen LogP contribution in [0.5, 0.6) is 0 Å². The molecule has 0 bridgehead atoms. The number of benzene rings is 1. The van der Waals surface area contributed by atoms with Crippen molar-refractivity contribution in [2.45, 2.75) is 31.7 Å². The second-order valence-corrected chi connectivity index (χ2v) is 8.74. The largest absolute Gasteiger partial charge is 0.396 e. The molecule has 0 radical (unpaired) electrons. The van der Waals surface area contributed by atoms with Gasteiger partial charge in [-0.25, -0.2) is 13.5 Å². The molecule has 2 fully saturated rings. The van der Waals surface area contributed by atoms with Gasteiger partial charge in [0.1, 0.15) is 11.6 Å². The molecule has 1 aromatic heterocycles. The van der Waals surface area contributed by atoms with Crippen molar-refractivity contribution in [3.63, 3.8) is 0 Å². The highest BCUT2D eigenvalue weighted by atomic mass is 19.1. The first-order valence-electron chi connectivity index (χ1n) is 11.5. The molecule has 0 aliphatic carbocycles. The van der Waals surface area contributed by atoms with Crippen molar-refractivity contribution >= 4 is 18.2 Å². The number of carbonyl (C=O) groups is 1. The second kappa shape index (κ2) is 10.4. The number of hydrogen-bond donors (Lipinski definition) is 1. The third-order valence-corrected chi connectivity index (χ3v) is 6.59. The number of piperidine rings is 1. The maximum absolute atomic E-state index is 14.3. The zero-order valence-corrected chi connectivity index (χ0v) is 18.7. The number of aliphatic hydroxyl groups is 1. The van der Waals surface area contributed by atoms with E-state index in [1.165, 1.54) is 12.1 Å². The number of rotatable bonds is 7. The summed E-state index contributed by atoms with van der Waals surface area (Å²) in [5.41, 5.74) is 1.48. The number of carbonyl (C=O) groups excluding carboxylic acids is 1. The molecule has 1 aromatic carbocycles. The van der Waals surface area contributed by atoms with E-state index in [4.69, 9.17) is 0 Å². The number of aromatic nitrogens is 2. The molecular weight excluding hydrogens is 426 g/mol. The molecule has 0 saturated carbocycles. The molecule has 8 heteroatoms. The fourth-order valence-corrected chi connectivity index (χ4v) is 4.88. The number of nitrogens with zero attached hydrogens (tertiary/aromatic N) is 4. The molecule has 2 aromatic rings. The highest BCUT2D eigenvalue weighted by molar-refractivity contribution is 5.97. The Morgan fingerprint density at radius 2 is 2.06 bits per heavy atom. The molecule has 176 valence electrons. The SMILES string of the molecule is C=Cc1c(C(=O)N2CCCC(CO)C2)cnn1C=CCN1CCCC1c1cc(F)ccc1F. The number of aliphatic hydroxyl groups excluding tert-OH is 1. The van der Waals surface area contributed by atoms with Crippen LogP contribution in [0.2, 0.25) is 0 Å². The van der Waals surface area contributed by atoms with Crippen LogP contribution in [0, 0.1) is 17.6 Å².